The highest BCUT2D eigenvalue weighted by atomic mass is 32.2. The molecule has 0 aliphatic carbocycles. The first-order valence-electron chi connectivity index (χ1n) is 5.57. The summed E-state index contributed by atoms with van der Waals surface area (Å²) in [6.07, 6.45) is 1.93. The molecule has 0 aliphatic heterocycles. The van der Waals surface area contributed by atoms with Crippen molar-refractivity contribution in [3.05, 3.63) is 29.8 Å². The van der Waals surface area contributed by atoms with Gasteiger partial charge in [0.25, 0.3) is 0 Å². The molecular formula is C12H20N2O2S. The van der Waals surface area contributed by atoms with Gasteiger partial charge in [-0.15, -0.1) is 0 Å². The fraction of sp³-hybridized carbons (Fsp3) is 0.500. The number of nitrogens with two attached hydrogens (primary N) is 1. The third-order valence-corrected chi connectivity index (χ3v) is 3.49. The van der Waals surface area contributed by atoms with Crippen molar-refractivity contribution in [2.24, 2.45) is 0 Å². The maximum Gasteiger partial charge on any atom is 0.147 e. The van der Waals surface area contributed by atoms with E-state index in [1.165, 1.54) is 6.26 Å². The average Bonchev–Trinajstić information content (AvgIpc) is 2.15. The summed E-state index contributed by atoms with van der Waals surface area (Å²) >= 11 is 0. The van der Waals surface area contributed by atoms with Gasteiger partial charge in [0, 0.05) is 18.5 Å². The Balaban J connectivity index is 2.37. The van der Waals surface area contributed by atoms with Crippen LogP contribution >= 0.6 is 0 Å². The first kappa shape index (κ1) is 14.0. The van der Waals surface area contributed by atoms with Crippen molar-refractivity contribution in [2.75, 3.05) is 31.3 Å². The van der Waals surface area contributed by atoms with Crippen LogP contribution in [0.15, 0.2) is 24.3 Å². The molecule has 1 aromatic rings. The molecule has 0 amide bonds. The quantitative estimate of drug-likeness (QED) is 0.775. The highest BCUT2D eigenvalue weighted by Gasteiger charge is 2.04. The van der Waals surface area contributed by atoms with E-state index in [1.54, 1.807) is 0 Å². The maximum atomic E-state index is 11.0. The van der Waals surface area contributed by atoms with E-state index < -0.39 is 9.84 Å². The molecule has 0 saturated heterocycles. The number of nitrogens with zero attached hydrogens (tertiary/aromatic N) is 1. The minimum atomic E-state index is -2.85. The van der Waals surface area contributed by atoms with Crippen LogP contribution in [0.1, 0.15) is 12.0 Å². The van der Waals surface area contributed by atoms with Crippen molar-refractivity contribution in [1.82, 2.24) is 4.90 Å². The van der Waals surface area contributed by atoms with Crippen molar-refractivity contribution >= 4 is 15.5 Å². The molecule has 4 nitrogen and oxygen atoms in total. The minimum absolute atomic E-state index is 0.244. The molecule has 5 heteroatoms. The van der Waals surface area contributed by atoms with Crippen LogP contribution in [0.3, 0.4) is 0 Å². The molecule has 2 N–H and O–H groups in total. The topological polar surface area (TPSA) is 63.4 Å². The van der Waals surface area contributed by atoms with Gasteiger partial charge in [0.1, 0.15) is 9.84 Å². The van der Waals surface area contributed by atoms with Crippen LogP contribution in [0.2, 0.25) is 0 Å². The van der Waals surface area contributed by atoms with Crippen molar-refractivity contribution in [3.63, 3.8) is 0 Å². The number of sulfone groups is 1. The van der Waals surface area contributed by atoms with Crippen molar-refractivity contribution in [3.8, 4) is 0 Å². The summed E-state index contributed by atoms with van der Waals surface area (Å²) in [5.41, 5.74) is 7.60. The van der Waals surface area contributed by atoms with Gasteiger partial charge in [0.2, 0.25) is 0 Å². The van der Waals surface area contributed by atoms with Gasteiger partial charge in [-0.1, -0.05) is 12.1 Å². The van der Waals surface area contributed by atoms with Gasteiger partial charge in [0.05, 0.1) is 5.75 Å². The second-order valence-electron chi connectivity index (χ2n) is 4.47. The van der Waals surface area contributed by atoms with Crippen LogP contribution in [0.25, 0.3) is 0 Å². The molecule has 0 atom stereocenters. The summed E-state index contributed by atoms with van der Waals surface area (Å²) in [4.78, 5) is 2.10. The Bertz CT molecular complexity index is 457. The molecule has 0 bridgehead atoms. The van der Waals surface area contributed by atoms with Gasteiger partial charge in [0.15, 0.2) is 0 Å². The molecule has 0 fully saturated rings. The first-order chi connectivity index (χ1) is 7.87. The predicted molar refractivity (Wildman–Crippen MR) is 71.5 cm³/mol. The Hall–Kier alpha value is -1.07. The molecule has 1 rings (SSSR count). The van der Waals surface area contributed by atoms with Crippen LogP contribution in [-0.2, 0) is 16.4 Å². The van der Waals surface area contributed by atoms with E-state index in [0.29, 0.717) is 6.42 Å². The van der Waals surface area contributed by atoms with Gasteiger partial charge in [-0.25, -0.2) is 8.42 Å². The van der Waals surface area contributed by atoms with E-state index in [0.717, 1.165) is 24.3 Å². The van der Waals surface area contributed by atoms with E-state index in [2.05, 4.69) is 4.90 Å². The second kappa shape index (κ2) is 6.02. The highest BCUT2D eigenvalue weighted by Crippen LogP contribution is 2.08. The zero-order valence-corrected chi connectivity index (χ0v) is 11.2. The van der Waals surface area contributed by atoms with Crippen molar-refractivity contribution in [2.45, 2.75) is 13.0 Å². The standard InChI is InChI=1S/C12H20N2O2S/c1-14(7-4-8-17(2,15)16)10-11-5-3-6-12(13)9-11/h3,5-6,9H,4,7-8,10,13H2,1-2H3. The fourth-order valence-corrected chi connectivity index (χ4v) is 2.33. The Morgan fingerprint density at radius 2 is 2.06 bits per heavy atom. The molecule has 1 aromatic carbocycles. The lowest BCUT2D eigenvalue weighted by molar-refractivity contribution is 0.328. The largest absolute Gasteiger partial charge is 0.399 e. The molecule has 17 heavy (non-hydrogen) atoms. The van der Waals surface area contributed by atoms with Crippen molar-refractivity contribution < 1.29 is 8.42 Å². The van der Waals surface area contributed by atoms with Gasteiger partial charge in [-0.3, -0.25) is 0 Å². The van der Waals surface area contributed by atoms with Crippen LogP contribution in [0.4, 0.5) is 5.69 Å². The Labute approximate surface area is 103 Å². The lowest BCUT2D eigenvalue weighted by Crippen LogP contribution is -2.21. The lowest BCUT2D eigenvalue weighted by atomic mass is 10.2. The summed E-state index contributed by atoms with van der Waals surface area (Å²) < 4.78 is 22.0. The molecular weight excluding hydrogens is 236 g/mol. The summed E-state index contributed by atoms with van der Waals surface area (Å²) in [7, 11) is -0.868. The Kier molecular flexibility index (Phi) is 4.96. The van der Waals surface area contributed by atoms with Crippen LogP contribution in [0.5, 0.6) is 0 Å². The van der Waals surface area contributed by atoms with Gasteiger partial charge in [-0.2, -0.15) is 0 Å². The summed E-state index contributed by atoms with van der Waals surface area (Å²) in [6.45, 7) is 1.55. The molecule has 0 aliphatic rings. The number of hydrogen-bond donors (Lipinski definition) is 1. The SMILES string of the molecule is CN(CCCS(C)(=O)=O)Cc1cccc(N)c1. The average molecular weight is 256 g/mol. The van der Waals surface area contributed by atoms with Gasteiger partial charge in [-0.05, 0) is 37.7 Å². The lowest BCUT2D eigenvalue weighted by Gasteiger charge is -2.16. The number of nitrogen functional groups attached to an aromatic ring is 1. The number of rotatable bonds is 6. The number of benzene rings is 1. The summed E-state index contributed by atoms with van der Waals surface area (Å²) in [6, 6.07) is 7.73. The molecule has 0 saturated carbocycles. The fourth-order valence-electron chi connectivity index (χ4n) is 1.68. The zero-order chi connectivity index (χ0) is 12.9. The highest BCUT2D eigenvalue weighted by molar-refractivity contribution is 7.90. The van der Waals surface area contributed by atoms with E-state index >= 15 is 0 Å². The van der Waals surface area contributed by atoms with E-state index in [9.17, 15) is 8.42 Å². The van der Waals surface area contributed by atoms with Crippen LogP contribution in [-0.4, -0.2) is 38.9 Å². The zero-order valence-electron chi connectivity index (χ0n) is 10.4. The molecule has 0 heterocycles. The summed E-state index contributed by atoms with van der Waals surface area (Å²) in [5.74, 6) is 0.244. The molecule has 0 aromatic heterocycles. The van der Waals surface area contributed by atoms with Gasteiger partial charge >= 0.3 is 0 Å². The van der Waals surface area contributed by atoms with E-state index in [4.69, 9.17) is 5.73 Å². The van der Waals surface area contributed by atoms with E-state index in [-0.39, 0.29) is 5.75 Å². The third kappa shape index (κ3) is 6.28. The van der Waals surface area contributed by atoms with Gasteiger partial charge < -0.3 is 10.6 Å². The smallest absolute Gasteiger partial charge is 0.147 e. The Morgan fingerprint density at radius 3 is 2.65 bits per heavy atom. The minimum Gasteiger partial charge on any atom is -0.399 e. The number of hydrogen-bond acceptors (Lipinski definition) is 4. The van der Waals surface area contributed by atoms with E-state index in [1.807, 2.05) is 31.3 Å². The first-order valence-corrected chi connectivity index (χ1v) is 7.63. The normalized spacial score (nSPS) is 11.9. The Morgan fingerprint density at radius 1 is 1.35 bits per heavy atom. The predicted octanol–water partition coefficient (Wildman–Crippen LogP) is 1.14. The third-order valence-electron chi connectivity index (χ3n) is 2.46. The monoisotopic (exact) mass is 256 g/mol. The molecule has 0 spiro atoms. The van der Waals surface area contributed by atoms with Crippen LogP contribution in [0, 0.1) is 0 Å². The van der Waals surface area contributed by atoms with Crippen molar-refractivity contribution in [1.29, 1.82) is 0 Å². The second-order valence-corrected chi connectivity index (χ2v) is 6.73. The number of anilines is 1. The summed E-state index contributed by atoms with van der Waals surface area (Å²) in [5, 5.41) is 0. The molecule has 0 unspecified atom stereocenters. The molecule has 96 valence electrons. The molecule has 0 radical (unpaired) electrons. The van der Waals surface area contributed by atoms with Crippen LogP contribution < -0.4 is 5.73 Å². The maximum absolute atomic E-state index is 11.0.